The molecule has 1 heterocycles. The number of ether oxygens (including phenoxy) is 1. The molecule has 1 aliphatic carbocycles. The summed E-state index contributed by atoms with van der Waals surface area (Å²) in [6, 6.07) is 5.02. The van der Waals surface area contributed by atoms with Crippen LogP contribution >= 0.6 is 0 Å². The van der Waals surface area contributed by atoms with Gasteiger partial charge in [-0.2, -0.15) is 0 Å². The molecule has 1 aliphatic heterocycles. The maximum atomic E-state index is 13.1. The summed E-state index contributed by atoms with van der Waals surface area (Å²) < 4.78 is 5.22. The van der Waals surface area contributed by atoms with E-state index in [1.807, 2.05) is 26.0 Å². The second-order valence-corrected chi connectivity index (χ2v) is 10.5. The number of urea groups is 1. The number of rotatable bonds is 5. The number of hydrogen-bond donors (Lipinski definition) is 2. The van der Waals surface area contributed by atoms with Crippen molar-refractivity contribution in [1.29, 1.82) is 0 Å². The standard InChI is InChI=1S/C25H35N3O5/c1-15-7-8-19(16(2)13-15)26-21(30)17(3)33-20(29)14-28-22(31)25(27-23(28)32)11-9-18(10-12-25)24(4,5)6/h7-8,13,17-18H,9-12,14H2,1-6H3,(H,26,30)(H,27,32). The van der Waals surface area contributed by atoms with E-state index in [9.17, 15) is 19.2 Å². The van der Waals surface area contributed by atoms with E-state index in [4.69, 9.17) is 4.74 Å². The maximum Gasteiger partial charge on any atom is 0.327 e. The number of hydrogen-bond acceptors (Lipinski definition) is 5. The number of aryl methyl sites for hydroxylation is 2. The molecule has 1 unspecified atom stereocenters. The molecule has 4 amide bonds. The fourth-order valence-corrected chi connectivity index (χ4v) is 4.74. The Morgan fingerprint density at radius 1 is 1.21 bits per heavy atom. The van der Waals surface area contributed by atoms with Crippen LogP contribution in [0.1, 0.15) is 64.5 Å². The fraction of sp³-hybridized carbons (Fsp3) is 0.600. The predicted molar refractivity (Wildman–Crippen MR) is 124 cm³/mol. The molecule has 2 aliphatic rings. The Morgan fingerprint density at radius 2 is 1.85 bits per heavy atom. The molecular formula is C25H35N3O5. The third kappa shape index (κ3) is 5.37. The van der Waals surface area contributed by atoms with Crippen molar-refractivity contribution in [2.24, 2.45) is 11.3 Å². The Labute approximate surface area is 195 Å². The van der Waals surface area contributed by atoms with Gasteiger partial charge in [-0.05, 0) is 69.4 Å². The molecule has 2 fully saturated rings. The lowest BCUT2D eigenvalue weighted by molar-refractivity contribution is -0.155. The van der Waals surface area contributed by atoms with Gasteiger partial charge in [0.1, 0.15) is 12.1 Å². The van der Waals surface area contributed by atoms with E-state index in [-0.39, 0.29) is 11.3 Å². The lowest BCUT2D eigenvalue weighted by Gasteiger charge is -2.40. The highest BCUT2D eigenvalue weighted by Gasteiger charge is 2.53. The molecule has 0 radical (unpaired) electrons. The van der Waals surface area contributed by atoms with Crippen molar-refractivity contribution in [1.82, 2.24) is 10.2 Å². The molecule has 0 aromatic heterocycles. The van der Waals surface area contributed by atoms with Crippen LogP contribution in [0.15, 0.2) is 18.2 Å². The van der Waals surface area contributed by atoms with Crippen molar-refractivity contribution < 1.29 is 23.9 Å². The number of amides is 4. The Hall–Kier alpha value is -2.90. The van der Waals surface area contributed by atoms with E-state index in [0.717, 1.165) is 28.9 Å². The zero-order chi connectivity index (χ0) is 24.6. The van der Waals surface area contributed by atoms with E-state index in [0.29, 0.717) is 24.4 Å². The second kappa shape index (κ2) is 9.15. The summed E-state index contributed by atoms with van der Waals surface area (Å²) in [5.74, 6) is -1.20. The van der Waals surface area contributed by atoms with Gasteiger partial charge in [-0.3, -0.25) is 19.3 Å². The number of carbonyl (C=O) groups excluding carboxylic acids is 4. The van der Waals surface area contributed by atoms with E-state index >= 15 is 0 Å². The average Bonchev–Trinajstić information content (AvgIpc) is 2.93. The average molecular weight is 458 g/mol. The molecule has 1 spiro atoms. The van der Waals surface area contributed by atoms with Gasteiger partial charge in [0.25, 0.3) is 11.8 Å². The van der Waals surface area contributed by atoms with Crippen LogP contribution in [0, 0.1) is 25.2 Å². The van der Waals surface area contributed by atoms with Crippen LogP contribution in [-0.4, -0.2) is 46.9 Å². The molecule has 1 aromatic rings. The van der Waals surface area contributed by atoms with Gasteiger partial charge in [-0.15, -0.1) is 0 Å². The first kappa shape index (κ1) is 24.7. The monoisotopic (exact) mass is 457 g/mol. The smallest absolute Gasteiger partial charge is 0.327 e. The summed E-state index contributed by atoms with van der Waals surface area (Å²) in [6.07, 6.45) is 1.71. The van der Waals surface area contributed by atoms with Gasteiger partial charge in [0.05, 0.1) is 0 Å². The topological polar surface area (TPSA) is 105 Å². The Balaban J connectivity index is 1.56. The van der Waals surface area contributed by atoms with Crippen molar-refractivity contribution in [2.45, 2.75) is 78.9 Å². The van der Waals surface area contributed by atoms with Crippen LogP contribution in [0.25, 0.3) is 0 Å². The number of benzene rings is 1. The third-order valence-electron chi connectivity index (χ3n) is 6.91. The summed E-state index contributed by atoms with van der Waals surface area (Å²) in [7, 11) is 0. The number of imide groups is 1. The van der Waals surface area contributed by atoms with Crippen LogP contribution in [0.3, 0.4) is 0 Å². The molecule has 3 rings (SSSR count). The molecule has 180 valence electrons. The quantitative estimate of drug-likeness (QED) is 0.518. The summed E-state index contributed by atoms with van der Waals surface area (Å²) >= 11 is 0. The first-order chi connectivity index (χ1) is 15.3. The van der Waals surface area contributed by atoms with Crippen LogP contribution < -0.4 is 10.6 Å². The highest BCUT2D eigenvalue weighted by Crippen LogP contribution is 2.43. The maximum absolute atomic E-state index is 13.1. The number of carbonyl (C=O) groups is 4. The predicted octanol–water partition coefficient (Wildman–Crippen LogP) is 3.70. The first-order valence-corrected chi connectivity index (χ1v) is 11.5. The van der Waals surface area contributed by atoms with Gasteiger partial charge in [-0.1, -0.05) is 38.5 Å². The van der Waals surface area contributed by atoms with Gasteiger partial charge in [0.2, 0.25) is 0 Å². The molecule has 8 heteroatoms. The summed E-state index contributed by atoms with van der Waals surface area (Å²) in [5.41, 5.74) is 1.81. The SMILES string of the molecule is Cc1ccc(NC(=O)C(C)OC(=O)CN2C(=O)NC3(CCC(C(C)(C)C)CC3)C2=O)c(C)c1. The molecule has 0 bridgehead atoms. The molecule has 1 saturated heterocycles. The third-order valence-corrected chi connectivity index (χ3v) is 6.91. The van der Waals surface area contributed by atoms with Crippen molar-refractivity contribution in [3.05, 3.63) is 29.3 Å². The van der Waals surface area contributed by atoms with E-state index in [1.54, 1.807) is 6.07 Å². The molecule has 1 atom stereocenters. The normalized spacial score (nSPS) is 23.9. The number of nitrogens with zero attached hydrogens (tertiary/aromatic N) is 1. The van der Waals surface area contributed by atoms with Gasteiger partial charge in [-0.25, -0.2) is 4.79 Å². The zero-order valence-electron chi connectivity index (χ0n) is 20.4. The van der Waals surface area contributed by atoms with Crippen molar-refractivity contribution in [3.63, 3.8) is 0 Å². The molecule has 1 saturated carbocycles. The first-order valence-electron chi connectivity index (χ1n) is 11.5. The van der Waals surface area contributed by atoms with Gasteiger partial charge in [0.15, 0.2) is 6.10 Å². The van der Waals surface area contributed by atoms with Gasteiger partial charge in [0, 0.05) is 5.69 Å². The van der Waals surface area contributed by atoms with Gasteiger partial charge >= 0.3 is 12.0 Å². The Kier molecular flexibility index (Phi) is 6.86. The summed E-state index contributed by atoms with van der Waals surface area (Å²) in [6.45, 7) is 11.3. The van der Waals surface area contributed by atoms with Crippen LogP contribution in [0.4, 0.5) is 10.5 Å². The van der Waals surface area contributed by atoms with Crippen molar-refractivity contribution in [2.75, 3.05) is 11.9 Å². The lowest BCUT2D eigenvalue weighted by atomic mass is 9.67. The van der Waals surface area contributed by atoms with Crippen molar-refractivity contribution >= 4 is 29.5 Å². The zero-order valence-corrected chi connectivity index (χ0v) is 20.4. The molecule has 33 heavy (non-hydrogen) atoms. The fourth-order valence-electron chi connectivity index (χ4n) is 4.74. The molecule has 2 N–H and O–H groups in total. The second-order valence-electron chi connectivity index (χ2n) is 10.5. The number of nitrogens with one attached hydrogen (secondary N) is 2. The molecule has 1 aromatic carbocycles. The largest absolute Gasteiger partial charge is 0.451 e. The highest BCUT2D eigenvalue weighted by atomic mass is 16.5. The minimum Gasteiger partial charge on any atom is -0.451 e. The van der Waals surface area contributed by atoms with Crippen LogP contribution in [0.5, 0.6) is 0 Å². The van der Waals surface area contributed by atoms with Crippen LogP contribution in [-0.2, 0) is 19.1 Å². The van der Waals surface area contributed by atoms with Gasteiger partial charge < -0.3 is 15.4 Å². The van der Waals surface area contributed by atoms with Crippen molar-refractivity contribution in [3.8, 4) is 0 Å². The summed E-state index contributed by atoms with van der Waals surface area (Å²) in [4.78, 5) is 51.4. The van der Waals surface area contributed by atoms with Crippen LogP contribution in [0.2, 0.25) is 0 Å². The van der Waals surface area contributed by atoms with E-state index in [1.165, 1.54) is 6.92 Å². The summed E-state index contributed by atoms with van der Waals surface area (Å²) in [5, 5.41) is 5.56. The molecular weight excluding hydrogens is 422 g/mol. The highest BCUT2D eigenvalue weighted by molar-refractivity contribution is 6.09. The minimum absolute atomic E-state index is 0.143. The van der Waals surface area contributed by atoms with E-state index < -0.39 is 36.1 Å². The molecule has 8 nitrogen and oxygen atoms in total. The number of anilines is 1. The Bertz CT molecular complexity index is 957. The van der Waals surface area contributed by atoms with E-state index in [2.05, 4.69) is 31.4 Å². The minimum atomic E-state index is -1.07. The lowest BCUT2D eigenvalue weighted by Crippen LogP contribution is -2.50. The Morgan fingerprint density at radius 3 is 2.42 bits per heavy atom. The number of esters is 1.